The molecule has 0 atom stereocenters. The third kappa shape index (κ3) is 3.33. The fourth-order valence-corrected chi connectivity index (χ4v) is 2.38. The Morgan fingerprint density at radius 1 is 1.35 bits per heavy atom. The minimum absolute atomic E-state index is 0.146. The van der Waals surface area contributed by atoms with E-state index >= 15 is 0 Å². The first-order chi connectivity index (χ1) is 8.20. The highest BCUT2D eigenvalue weighted by atomic mass is 16.3. The van der Waals surface area contributed by atoms with E-state index in [-0.39, 0.29) is 5.91 Å². The summed E-state index contributed by atoms with van der Waals surface area (Å²) in [6.07, 6.45) is 7.77. The highest BCUT2D eigenvalue weighted by molar-refractivity contribution is 5.92. The van der Waals surface area contributed by atoms with Crippen molar-refractivity contribution in [3.8, 4) is 0 Å². The summed E-state index contributed by atoms with van der Waals surface area (Å²) in [5, 5.41) is 13.2. The molecule has 1 amide bonds. The summed E-state index contributed by atoms with van der Waals surface area (Å²) in [4.78, 5) is 14.6. The molecule has 0 bridgehead atoms. The maximum atomic E-state index is 11.7. The van der Waals surface area contributed by atoms with Crippen LogP contribution in [0.5, 0.6) is 0 Å². The van der Waals surface area contributed by atoms with E-state index in [1.807, 2.05) is 0 Å². The normalized spacial score (nSPS) is 19.6. The second-order valence-electron chi connectivity index (χ2n) is 4.91. The van der Waals surface area contributed by atoms with E-state index < -0.39 is 5.60 Å². The Labute approximate surface area is 101 Å². The van der Waals surface area contributed by atoms with Crippen molar-refractivity contribution in [2.45, 2.75) is 44.1 Å². The summed E-state index contributed by atoms with van der Waals surface area (Å²) in [5.41, 5.74) is -0.166. The van der Waals surface area contributed by atoms with Crippen molar-refractivity contribution in [2.24, 2.45) is 0 Å². The number of rotatable bonds is 3. The predicted octanol–water partition coefficient (Wildman–Crippen LogP) is 1.83. The lowest BCUT2D eigenvalue weighted by molar-refractivity contribution is 0.0246. The standard InChI is InChI=1S/C13H20N2O2/c16-12(11-6-5-9-14-11)15-10-13(17)7-3-1-2-4-8-13/h5-6,9,14,17H,1-4,7-8,10H2,(H,15,16). The van der Waals surface area contributed by atoms with Crippen LogP contribution in [0.4, 0.5) is 0 Å². The first-order valence-corrected chi connectivity index (χ1v) is 6.34. The molecule has 3 N–H and O–H groups in total. The molecule has 0 aromatic carbocycles. The lowest BCUT2D eigenvalue weighted by Crippen LogP contribution is -2.42. The third-order valence-electron chi connectivity index (χ3n) is 3.45. The van der Waals surface area contributed by atoms with Gasteiger partial charge in [-0.3, -0.25) is 4.79 Å². The van der Waals surface area contributed by atoms with Crippen LogP contribution >= 0.6 is 0 Å². The lowest BCUT2D eigenvalue weighted by atomic mass is 9.94. The van der Waals surface area contributed by atoms with Gasteiger partial charge in [-0.05, 0) is 25.0 Å². The maximum absolute atomic E-state index is 11.7. The second kappa shape index (κ2) is 5.36. The average Bonchev–Trinajstić information content (AvgIpc) is 2.77. The van der Waals surface area contributed by atoms with Crippen molar-refractivity contribution in [2.75, 3.05) is 6.54 Å². The van der Waals surface area contributed by atoms with Gasteiger partial charge in [0, 0.05) is 12.7 Å². The van der Waals surface area contributed by atoms with E-state index in [4.69, 9.17) is 0 Å². The molecule has 0 spiro atoms. The molecule has 17 heavy (non-hydrogen) atoms. The Kier molecular flexibility index (Phi) is 3.84. The zero-order valence-corrected chi connectivity index (χ0v) is 10.0. The molecule has 1 aromatic rings. The first kappa shape index (κ1) is 12.2. The molecule has 0 radical (unpaired) electrons. The number of hydrogen-bond donors (Lipinski definition) is 3. The fraction of sp³-hybridized carbons (Fsp3) is 0.615. The smallest absolute Gasteiger partial charge is 0.267 e. The van der Waals surface area contributed by atoms with Crippen molar-refractivity contribution < 1.29 is 9.90 Å². The summed E-state index contributed by atoms with van der Waals surface area (Å²) < 4.78 is 0. The highest BCUT2D eigenvalue weighted by Crippen LogP contribution is 2.26. The van der Waals surface area contributed by atoms with E-state index in [1.54, 1.807) is 18.3 Å². The first-order valence-electron chi connectivity index (χ1n) is 6.34. The van der Waals surface area contributed by atoms with Gasteiger partial charge >= 0.3 is 0 Å². The molecule has 0 aliphatic heterocycles. The Bertz CT molecular complexity index is 352. The van der Waals surface area contributed by atoms with Gasteiger partial charge in [-0.25, -0.2) is 0 Å². The highest BCUT2D eigenvalue weighted by Gasteiger charge is 2.28. The molecule has 1 aliphatic rings. The fourth-order valence-electron chi connectivity index (χ4n) is 2.38. The number of hydrogen-bond acceptors (Lipinski definition) is 2. The zero-order valence-electron chi connectivity index (χ0n) is 10.0. The number of nitrogens with one attached hydrogen (secondary N) is 2. The number of carbonyl (C=O) groups is 1. The monoisotopic (exact) mass is 236 g/mol. The Balaban J connectivity index is 1.86. The van der Waals surface area contributed by atoms with Crippen LogP contribution in [-0.4, -0.2) is 28.1 Å². The molecule has 1 saturated carbocycles. The summed E-state index contributed by atoms with van der Waals surface area (Å²) in [6, 6.07) is 3.52. The number of H-pyrrole nitrogens is 1. The molecule has 1 aromatic heterocycles. The van der Waals surface area contributed by atoms with Crippen LogP contribution in [-0.2, 0) is 0 Å². The van der Waals surface area contributed by atoms with Crippen LogP contribution in [0, 0.1) is 0 Å². The van der Waals surface area contributed by atoms with Gasteiger partial charge in [0.05, 0.1) is 5.60 Å². The second-order valence-corrected chi connectivity index (χ2v) is 4.91. The summed E-state index contributed by atoms with van der Waals surface area (Å²) >= 11 is 0. The van der Waals surface area contributed by atoms with Crippen LogP contribution in [0.2, 0.25) is 0 Å². The SMILES string of the molecule is O=C(NCC1(O)CCCCCC1)c1ccc[nH]1. The third-order valence-corrected chi connectivity index (χ3v) is 3.45. The van der Waals surface area contributed by atoms with Gasteiger partial charge in [0.25, 0.3) is 5.91 Å². The average molecular weight is 236 g/mol. The van der Waals surface area contributed by atoms with Crippen LogP contribution in [0.3, 0.4) is 0 Å². The summed E-state index contributed by atoms with van der Waals surface area (Å²) in [6.45, 7) is 0.352. The molecule has 1 heterocycles. The molecule has 4 nitrogen and oxygen atoms in total. The number of aromatic nitrogens is 1. The predicted molar refractivity (Wildman–Crippen MR) is 65.8 cm³/mol. The van der Waals surface area contributed by atoms with Crippen molar-refractivity contribution in [3.05, 3.63) is 24.0 Å². The number of carbonyl (C=O) groups excluding carboxylic acids is 1. The summed E-state index contributed by atoms with van der Waals surface area (Å²) in [5.74, 6) is -0.146. The van der Waals surface area contributed by atoms with E-state index in [1.165, 1.54) is 12.8 Å². The molecular weight excluding hydrogens is 216 g/mol. The quantitative estimate of drug-likeness (QED) is 0.701. The van der Waals surface area contributed by atoms with Gasteiger partial charge in [0.1, 0.15) is 5.69 Å². The van der Waals surface area contributed by atoms with Crippen molar-refractivity contribution in [3.63, 3.8) is 0 Å². The molecule has 94 valence electrons. The topological polar surface area (TPSA) is 65.1 Å². The Morgan fingerprint density at radius 3 is 2.65 bits per heavy atom. The molecule has 1 aliphatic carbocycles. The number of aliphatic hydroxyl groups is 1. The van der Waals surface area contributed by atoms with E-state index in [0.717, 1.165) is 25.7 Å². The van der Waals surface area contributed by atoms with Crippen LogP contribution < -0.4 is 5.32 Å². The maximum Gasteiger partial charge on any atom is 0.267 e. The Morgan fingerprint density at radius 2 is 2.06 bits per heavy atom. The number of aromatic amines is 1. The molecular formula is C13H20N2O2. The van der Waals surface area contributed by atoms with E-state index in [0.29, 0.717) is 12.2 Å². The van der Waals surface area contributed by atoms with Gasteiger partial charge in [-0.15, -0.1) is 0 Å². The molecule has 0 unspecified atom stereocenters. The van der Waals surface area contributed by atoms with E-state index in [2.05, 4.69) is 10.3 Å². The van der Waals surface area contributed by atoms with Crippen LogP contribution in [0.1, 0.15) is 49.0 Å². The van der Waals surface area contributed by atoms with E-state index in [9.17, 15) is 9.90 Å². The zero-order chi connectivity index (χ0) is 12.1. The number of amides is 1. The van der Waals surface area contributed by atoms with Crippen molar-refractivity contribution in [1.82, 2.24) is 10.3 Å². The van der Waals surface area contributed by atoms with Gasteiger partial charge in [-0.2, -0.15) is 0 Å². The van der Waals surface area contributed by atoms with Gasteiger partial charge in [-0.1, -0.05) is 25.7 Å². The lowest BCUT2D eigenvalue weighted by Gasteiger charge is -2.26. The Hall–Kier alpha value is -1.29. The molecule has 4 heteroatoms. The molecule has 0 saturated heterocycles. The van der Waals surface area contributed by atoms with Crippen LogP contribution in [0.15, 0.2) is 18.3 Å². The minimum atomic E-state index is -0.710. The van der Waals surface area contributed by atoms with Crippen molar-refractivity contribution >= 4 is 5.91 Å². The van der Waals surface area contributed by atoms with Crippen LogP contribution in [0.25, 0.3) is 0 Å². The molecule has 2 rings (SSSR count). The van der Waals surface area contributed by atoms with Gasteiger partial charge in [0.2, 0.25) is 0 Å². The van der Waals surface area contributed by atoms with Gasteiger partial charge in [0.15, 0.2) is 0 Å². The summed E-state index contributed by atoms with van der Waals surface area (Å²) in [7, 11) is 0. The van der Waals surface area contributed by atoms with Crippen molar-refractivity contribution in [1.29, 1.82) is 0 Å². The molecule has 1 fully saturated rings. The largest absolute Gasteiger partial charge is 0.388 e. The van der Waals surface area contributed by atoms with Gasteiger partial charge < -0.3 is 15.4 Å². The minimum Gasteiger partial charge on any atom is -0.388 e.